The quantitative estimate of drug-likeness (QED) is 0.0284. The number of rotatable bonds is 7. The van der Waals surface area contributed by atoms with Crippen LogP contribution in [-0.4, -0.2) is 221 Å². The summed E-state index contributed by atoms with van der Waals surface area (Å²) in [6.45, 7) is 37.4. The summed E-state index contributed by atoms with van der Waals surface area (Å²) in [7, 11) is 0. The molecule has 5 saturated heterocycles. The lowest BCUT2D eigenvalue weighted by molar-refractivity contribution is -0.386. The molecule has 5 fully saturated rings. The number of fused-ring (bicyclic) bond motifs is 3. The highest BCUT2D eigenvalue weighted by atomic mass is 19.1. The minimum atomic E-state index is -0.783. The molecular formula is C77H100F2N16O16. The number of phenolic OH excluding ortho intramolecular Hbond substituents is 3. The topological polar surface area (TPSA) is 380 Å². The molecule has 0 atom stereocenters. The number of nitrogen functional groups attached to an aromatic ring is 1. The van der Waals surface area contributed by atoms with E-state index < -0.39 is 43.9 Å². The van der Waals surface area contributed by atoms with E-state index >= 15 is 0 Å². The maximum Gasteiger partial charge on any atom is 0.410 e. The summed E-state index contributed by atoms with van der Waals surface area (Å²) in [4.78, 5) is 84.0. The minimum Gasteiger partial charge on any atom is -0.506 e. The van der Waals surface area contributed by atoms with Gasteiger partial charge in [0.25, 0.3) is 0 Å². The van der Waals surface area contributed by atoms with Gasteiger partial charge in [0.2, 0.25) is 0 Å². The van der Waals surface area contributed by atoms with Crippen molar-refractivity contribution >= 4 is 97.1 Å². The number of hydrogen-bond donors (Lipinski definition) is 6. The van der Waals surface area contributed by atoms with Crippen LogP contribution in [0.2, 0.25) is 0 Å². The van der Waals surface area contributed by atoms with E-state index in [0.717, 1.165) is 117 Å². The molecule has 5 aliphatic rings. The molecule has 3 aromatic heterocycles. The number of halogens is 2. The fourth-order valence-electron chi connectivity index (χ4n) is 12.2. The lowest BCUT2D eigenvalue weighted by Gasteiger charge is -2.36. The number of nitrogens with one attached hydrogen (secondary N) is 2. The third kappa shape index (κ3) is 24.2. The van der Waals surface area contributed by atoms with Gasteiger partial charge in [0.15, 0.2) is 45.9 Å². The summed E-state index contributed by atoms with van der Waals surface area (Å²) < 4.78 is 58.9. The number of carbonyl (C=O) groups is 3. The number of nitro groups is 2. The normalized spacial score (nSPS) is 15.5. The number of nitro benzene ring substituents is 2. The van der Waals surface area contributed by atoms with Crippen molar-refractivity contribution < 1.29 is 75.8 Å². The van der Waals surface area contributed by atoms with Crippen molar-refractivity contribution in [1.29, 1.82) is 0 Å². The molecule has 0 radical (unpaired) electrons. The Morgan fingerprint density at radius 3 is 1.13 bits per heavy atom. The van der Waals surface area contributed by atoms with Crippen molar-refractivity contribution in [3.8, 4) is 17.2 Å². The van der Waals surface area contributed by atoms with Gasteiger partial charge in [0.05, 0.1) is 21.2 Å². The van der Waals surface area contributed by atoms with Crippen LogP contribution in [0.25, 0.3) is 33.3 Å². The van der Waals surface area contributed by atoms with Gasteiger partial charge in [-0.2, -0.15) is 0 Å². The van der Waals surface area contributed by atoms with E-state index in [-0.39, 0.29) is 41.3 Å². The molecule has 7 N–H and O–H groups in total. The Balaban J connectivity index is 0.000000155. The van der Waals surface area contributed by atoms with Gasteiger partial charge < -0.3 is 98.3 Å². The fraction of sp³-hybridized carbons (Fsp3) is 0.455. The van der Waals surface area contributed by atoms with Gasteiger partial charge in [-0.1, -0.05) is 0 Å². The van der Waals surface area contributed by atoms with Crippen LogP contribution in [0.1, 0.15) is 80.0 Å². The molecule has 0 bridgehead atoms. The Bertz CT molecular complexity index is 4670. The van der Waals surface area contributed by atoms with Crippen LogP contribution in [-0.2, 0) is 14.2 Å². The Hall–Kier alpha value is -11.7. The van der Waals surface area contributed by atoms with Crippen LogP contribution < -0.4 is 40.9 Å². The second-order valence-corrected chi connectivity index (χ2v) is 29.7. The lowest BCUT2D eigenvalue weighted by atomic mass is 10.2. The predicted molar refractivity (Wildman–Crippen MR) is 418 cm³/mol. The first-order valence-corrected chi connectivity index (χ1v) is 36.5. The van der Waals surface area contributed by atoms with Crippen LogP contribution in [0.3, 0.4) is 0 Å². The zero-order valence-electron chi connectivity index (χ0n) is 64.8. The first-order chi connectivity index (χ1) is 52.4. The summed E-state index contributed by atoms with van der Waals surface area (Å²) in [5.41, 5.74) is 13.0. The number of hydrogen-bond acceptors (Lipinski definition) is 27. The number of aromatic nitrogens is 3. The molecule has 111 heavy (non-hydrogen) atoms. The fourth-order valence-corrected chi connectivity index (χ4v) is 12.2. The lowest BCUT2D eigenvalue weighted by Crippen LogP contribution is -2.50. The van der Waals surface area contributed by atoms with E-state index in [1.165, 1.54) is 23.9 Å². The van der Waals surface area contributed by atoms with E-state index in [1.54, 1.807) is 45.9 Å². The number of piperazine rings is 5. The maximum atomic E-state index is 14.0. The van der Waals surface area contributed by atoms with Crippen LogP contribution >= 0.6 is 0 Å². The first kappa shape index (κ1) is 83.4. The number of carbonyl (C=O) groups excluding carboxylic acids is 3. The van der Waals surface area contributed by atoms with E-state index in [0.29, 0.717) is 111 Å². The van der Waals surface area contributed by atoms with Crippen molar-refractivity contribution in [1.82, 2.24) is 40.3 Å². The zero-order valence-corrected chi connectivity index (χ0v) is 64.8. The van der Waals surface area contributed by atoms with Gasteiger partial charge >= 0.3 is 29.7 Å². The highest BCUT2D eigenvalue weighted by Gasteiger charge is 2.31. The highest BCUT2D eigenvalue weighted by molar-refractivity contribution is 5.80. The maximum absolute atomic E-state index is 14.0. The summed E-state index contributed by atoms with van der Waals surface area (Å²) in [5, 5.41) is 55.5. The molecule has 0 unspecified atom stereocenters. The third-order valence-electron chi connectivity index (χ3n) is 17.7. The Kier molecular flexibility index (Phi) is 27.6. The molecule has 5 aliphatic heterocycles. The molecule has 0 spiro atoms. The smallest absolute Gasteiger partial charge is 0.410 e. The summed E-state index contributed by atoms with van der Waals surface area (Å²) in [5.74, 6) is 0.108. The molecule has 0 saturated carbocycles. The van der Waals surface area contributed by atoms with E-state index in [4.69, 9.17) is 38.3 Å². The monoisotopic (exact) mass is 1540 g/mol. The van der Waals surface area contributed by atoms with E-state index in [1.807, 2.05) is 116 Å². The largest absolute Gasteiger partial charge is 0.506 e. The molecule has 598 valence electrons. The molecule has 14 rings (SSSR count). The average molecular weight is 1540 g/mol. The number of aryl methyl sites for hydroxylation is 3. The van der Waals surface area contributed by atoms with Gasteiger partial charge in [-0.05, 0) is 111 Å². The summed E-state index contributed by atoms with van der Waals surface area (Å²) in [6, 6.07) is 27.4. The van der Waals surface area contributed by atoms with Gasteiger partial charge in [-0.15, -0.1) is 0 Å². The molecule has 8 heterocycles. The Morgan fingerprint density at radius 1 is 0.432 bits per heavy atom. The number of benzene rings is 6. The Morgan fingerprint density at radius 2 is 0.757 bits per heavy atom. The Labute approximate surface area is 641 Å². The second-order valence-electron chi connectivity index (χ2n) is 29.7. The van der Waals surface area contributed by atoms with Crippen molar-refractivity contribution in [3.05, 3.63) is 153 Å². The number of nitrogens with two attached hydrogens (primary N) is 1. The van der Waals surface area contributed by atoms with Crippen LogP contribution in [0.15, 0.2) is 116 Å². The molecule has 6 aromatic carbocycles. The summed E-state index contributed by atoms with van der Waals surface area (Å²) in [6.07, 6.45) is -0.857. The molecule has 9 aromatic rings. The van der Waals surface area contributed by atoms with E-state index in [9.17, 15) is 53.6 Å². The van der Waals surface area contributed by atoms with Crippen LogP contribution in [0, 0.1) is 52.6 Å². The number of oxazole rings is 3. The molecule has 0 aliphatic carbocycles. The molecule has 3 amide bonds. The number of anilines is 6. The zero-order chi connectivity index (χ0) is 80.6. The standard InChI is InChI=1S/C17H23N3O3.C15H21N3O5.C15H23N3O3.C12H14FN3O.C12H15N3O.C6H4FNO3/c1-12-18-14-6-5-13(11-15(14)22-12)19-7-9-20(10-8-19)16(21)23-17(2,3)4;1-15(2,3)23-14(20)17-8-6-16(7-9-17)11-4-5-12(18(21)22)13(19)10-11;1-15(2,3)21-14(20)18-8-6-17(7-9-18)11-4-5-12(16)13(19)10-11;1-8-15-10-6-9(13)11(7-12(10)17-8)16-4-2-14-3-5-16;1-9-14-11-3-2-10(8-12(11)16-9)15-6-4-13-5-7-15;7-4-1-2-5(8(10)11)6(9)3-4/h5-6,11H,7-10H2,1-4H3;4-5,10,19H,6-9H2,1-3H3;4-5,10,19H,6-9,16H2,1-3H3;6-7,14H,2-5H2,1H3;2-3,8,13H,4-7H2,1H3;1-3,9H. The SMILES string of the molecule is CC(C)(C)OC(=O)N1CCN(c2ccc(N)c(O)c2)CC1.CC(C)(C)OC(=O)N1CCN(c2ccc([N+](=O)[O-])c(O)c2)CC1.Cc1nc2cc(F)c(N3CCNCC3)cc2o1.Cc1nc2ccc(N3CCN(C(=O)OC(C)(C)C)CC3)cc2o1.Cc1nc2ccc(N3CCNCC3)cc2o1.O=[N+]([O-])c1ccc(F)cc1O. The van der Waals surface area contributed by atoms with Crippen LogP contribution in [0.4, 0.5) is 68.7 Å². The number of amides is 3. The van der Waals surface area contributed by atoms with Crippen molar-refractivity contribution in [2.75, 3.05) is 161 Å². The second kappa shape index (κ2) is 36.7. The van der Waals surface area contributed by atoms with E-state index in [2.05, 4.69) is 52.4 Å². The minimum absolute atomic E-state index is 0.0853. The number of ether oxygens (including phenoxy) is 3. The van der Waals surface area contributed by atoms with Gasteiger partial charge in [0.1, 0.15) is 50.7 Å². The third-order valence-corrected chi connectivity index (χ3v) is 17.7. The number of aromatic hydroxyl groups is 3. The van der Waals surface area contributed by atoms with Gasteiger partial charge in [0, 0.05) is 229 Å². The molecule has 32 nitrogen and oxygen atoms in total. The predicted octanol–water partition coefficient (Wildman–Crippen LogP) is 12.3. The molecule has 34 heteroatoms. The first-order valence-electron chi connectivity index (χ1n) is 36.5. The van der Waals surface area contributed by atoms with Gasteiger partial charge in [-0.25, -0.2) is 38.1 Å². The highest BCUT2D eigenvalue weighted by Crippen LogP contribution is 2.34. The van der Waals surface area contributed by atoms with Crippen LogP contribution in [0.5, 0.6) is 17.2 Å². The van der Waals surface area contributed by atoms with Gasteiger partial charge in [-0.3, -0.25) is 20.2 Å². The van der Waals surface area contributed by atoms with Crippen molar-refractivity contribution in [3.63, 3.8) is 0 Å². The average Bonchev–Trinajstić information content (AvgIpc) is 1.72. The summed E-state index contributed by atoms with van der Waals surface area (Å²) >= 11 is 0. The number of nitrogens with zero attached hydrogens (tertiary/aromatic N) is 13. The molecular weight excluding hydrogens is 1440 g/mol. The van der Waals surface area contributed by atoms with Crippen molar-refractivity contribution in [2.24, 2.45) is 0 Å². The van der Waals surface area contributed by atoms with Crippen molar-refractivity contribution in [2.45, 2.75) is 99.9 Å². The number of phenols is 3.